The number of nitrogens with one attached hydrogen (secondary N) is 1. The summed E-state index contributed by atoms with van der Waals surface area (Å²) >= 11 is 0. The third-order valence-corrected chi connectivity index (χ3v) is 3.87. The van der Waals surface area contributed by atoms with E-state index in [1.165, 1.54) is 26.5 Å². The quantitative estimate of drug-likeness (QED) is 0.740. The molecular formula is C16H22N2O7. The predicted octanol–water partition coefficient (Wildman–Crippen LogP) is 0.261. The number of carbonyl (C=O) groups is 2. The number of aromatic nitrogens is 1. The van der Waals surface area contributed by atoms with Crippen LogP contribution < -0.4 is 10.1 Å². The van der Waals surface area contributed by atoms with Crippen LogP contribution in [0.3, 0.4) is 0 Å². The van der Waals surface area contributed by atoms with E-state index < -0.39 is 29.8 Å². The lowest BCUT2D eigenvalue weighted by Crippen LogP contribution is -2.46. The van der Waals surface area contributed by atoms with E-state index in [4.69, 9.17) is 18.9 Å². The number of methoxy groups -OCH3 is 2. The number of rotatable bonds is 4. The highest BCUT2D eigenvalue weighted by atomic mass is 16.6. The first-order valence-electron chi connectivity index (χ1n) is 7.81. The molecule has 1 aromatic rings. The molecule has 2 rings (SSSR count). The molecule has 1 saturated heterocycles. The SMILES string of the molecule is COc1ccnc(C(=O)N[C@H]2COCC[C@@H](OC)[C@H](C)OC2=O)c1O. The van der Waals surface area contributed by atoms with Crippen molar-refractivity contribution < 1.29 is 33.6 Å². The number of hydrogen-bond acceptors (Lipinski definition) is 8. The Bertz CT molecular complexity index is 623. The normalized spacial score (nSPS) is 24.4. The van der Waals surface area contributed by atoms with Crippen LogP contribution in [0.5, 0.6) is 11.5 Å². The van der Waals surface area contributed by atoms with Gasteiger partial charge >= 0.3 is 5.97 Å². The van der Waals surface area contributed by atoms with Gasteiger partial charge < -0.3 is 29.4 Å². The highest BCUT2D eigenvalue weighted by Crippen LogP contribution is 2.27. The average Bonchev–Trinajstić information content (AvgIpc) is 2.65. The van der Waals surface area contributed by atoms with Crippen LogP contribution in [0.4, 0.5) is 0 Å². The summed E-state index contributed by atoms with van der Waals surface area (Å²) in [6.07, 6.45) is 1.10. The molecule has 1 aliphatic heterocycles. The Morgan fingerprint density at radius 1 is 1.44 bits per heavy atom. The molecule has 9 heteroatoms. The van der Waals surface area contributed by atoms with Crippen molar-refractivity contribution in [2.75, 3.05) is 27.4 Å². The van der Waals surface area contributed by atoms with Crippen LogP contribution in [0, 0.1) is 0 Å². The topological polar surface area (TPSA) is 116 Å². The second kappa shape index (κ2) is 8.63. The van der Waals surface area contributed by atoms with Gasteiger partial charge in [-0.15, -0.1) is 0 Å². The molecule has 0 aliphatic carbocycles. The van der Waals surface area contributed by atoms with Crippen LogP contribution in [-0.2, 0) is 19.0 Å². The number of amides is 1. The molecule has 1 fully saturated rings. The van der Waals surface area contributed by atoms with Crippen LogP contribution in [0.25, 0.3) is 0 Å². The van der Waals surface area contributed by atoms with Gasteiger partial charge in [-0.3, -0.25) is 4.79 Å². The summed E-state index contributed by atoms with van der Waals surface area (Å²) in [7, 11) is 2.89. The van der Waals surface area contributed by atoms with E-state index in [1.54, 1.807) is 6.92 Å². The summed E-state index contributed by atoms with van der Waals surface area (Å²) in [5, 5.41) is 12.5. The molecule has 2 N–H and O–H groups in total. The lowest BCUT2D eigenvalue weighted by Gasteiger charge is -2.22. The van der Waals surface area contributed by atoms with Crippen molar-refractivity contribution in [2.45, 2.75) is 31.6 Å². The largest absolute Gasteiger partial charge is 0.503 e. The maximum absolute atomic E-state index is 12.4. The fourth-order valence-corrected chi connectivity index (χ4v) is 2.45. The van der Waals surface area contributed by atoms with E-state index in [0.717, 1.165) is 0 Å². The minimum atomic E-state index is -1.03. The van der Waals surface area contributed by atoms with E-state index in [0.29, 0.717) is 13.0 Å². The van der Waals surface area contributed by atoms with Crippen LogP contribution in [-0.4, -0.2) is 67.7 Å². The molecule has 1 aliphatic rings. The molecule has 0 saturated carbocycles. The Kier molecular flexibility index (Phi) is 6.54. The zero-order valence-electron chi connectivity index (χ0n) is 14.4. The predicted molar refractivity (Wildman–Crippen MR) is 85.5 cm³/mol. The van der Waals surface area contributed by atoms with E-state index in [2.05, 4.69) is 10.3 Å². The molecular weight excluding hydrogens is 332 g/mol. The summed E-state index contributed by atoms with van der Waals surface area (Å²) in [5.41, 5.74) is -0.255. The molecule has 0 aromatic carbocycles. The summed E-state index contributed by atoms with van der Waals surface area (Å²) in [5.74, 6) is -1.69. The van der Waals surface area contributed by atoms with E-state index >= 15 is 0 Å². The Labute approximate surface area is 145 Å². The van der Waals surface area contributed by atoms with Crippen LogP contribution >= 0.6 is 0 Å². The Balaban J connectivity index is 2.12. The van der Waals surface area contributed by atoms with Crippen molar-refractivity contribution in [2.24, 2.45) is 0 Å². The molecule has 0 bridgehead atoms. The highest BCUT2D eigenvalue weighted by molar-refractivity contribution is 5.98. The minimum absolute atomic E-state index is 0.0571. The Hall–Kier alpha value is -2.39. The second-order valence-corrected chi connectivity index (χ2v) is 5.52. The van der Waals surface area contributed by atoms with Gasteiger partial charge in [-0.1, -0.05) is 0 Å². The number of hydrogen-bond donors (Lipinski definition) is 2. The first kappa shape index (κ1) is 18.9. The van der Waals surface area contributed by atoms with Gasteiger partial charge in [0.2, 0.25) is 0 Å². The summed E-state index contributed by atoms with van der Waals surface area (Å²) < 4.78 is 21.0. The fraction of sp³-hybridized carbons (Fsp3) is 0.562. The van der Waals surface area contributed by atoms with Gasteiger partial charge in [0.05, 0.1) is 19.8 Å². The number of pyridine rings is 1. The standard InChI is InChI=1S/C16H22N2O7/c1-9-11(22-2)5-7-24-8-10(16(21)25-9)18-15(20)13-14(19)12(23-3)4-6-17-13/h4,6,9-11,19H,5,7-8H2,1-3H3,(H,18,20)/t9-,10-,11+/m0/s1. The zero-order chi connectivity index (χ0) is 18.4. The molecule has 3 atom stereocenters. The van der Waals surface area contributed by atoms with Crippen molar-refractivity contribution >= 4 is 11.9 Å². The van der Waals surface area contributed by atoms with E-state index in [9.17, 15) is 14.7 Å². The van der Waals surface area contributed by atoms with E-state index in [1.807, 2.05) is 0 Å². The van der Waals surface area contributed by atoms with E-state index in [-0.39, 0.29) is 24.2 Å². The van der Waals surface area contributed by atoms with Crippen LogP contribution in [0.1, 0.15) is 23.8 Å². The molecule has 138 valence electrons. The third-order valence-electron chi connectivity index (χ3n) is 3.87. The highest BCUT2D eigenvalue weighted by Gasteiger charge is 2.31. The molecule has 25 heavy (non-hydrogen) atoms. The summed E-state index contributed by atoms with van der Waals surface area (Å²) in [4.78, 5) is 28.5. The smallest absolute Gasteiger partial charge is 0.331 e. The van der Waals surface area contributed by atoms with Gasteiger partial charge in [-0.25, -0.2) is 9.78 Å². The maximum atomic E-state index is 12.4. The zero-order valence-corrected chi connectivity index (χ0v) is 14.4. The summed E-state index contributed by atoms with van der Waals surface area (Å²) in [6.45, 7) is 2.01. The molecule has 9 nitrogen and oxygen atoms in total. The van der Waals surface area contributed by atoms with Crippen molar-refractivity contribution in [1.29, 1.82) is 0 Å². The number of aromatic hydroxyl groups is 1. The number of carbonyl (C=O) groups excluding carboxylic acids is 2. The first-order valence-corrected chi connectivity index (χ1v) is 7.81. The fourth-order valence-electron chi connectivity index (χ4n) is 2.45. The lowest BCUT2D eigenvalue weighted by molar-refractivity contribution is -0.156. The Morgan fingerprint density at radius 2 is 2.20 bits per heavy atom. The van der Waals surface area contributed by atoms with Crippen molar-refractivity contribution in [3.63, 3.8) is 0 Å². The van der Waals surface area contributed by atoms with Gasteiger partial charge in [-0.05, 0) is 6.92 Å². The molecule has 0 radical (unpaired) electrons. The third kappa shape index (κ3) is 4.58. The second-order valence-electron chi connectivity index (χ2n) is 5.52. The Morgan fingerprint density at radius 3 is 2.88 bits per heavy atom. The molecule has 0 unspecified atom stereocenters. The van der Waals surface area contributed by atoms with Crippen LogP contribution in [0.15, 0.2) is 12.3 Å². The molecule has 0 spiro atoms. The monoisotopic (exact) mass is 354 g/mol. The number of nitrogens with zero attached hydrogens (tertiary/aromatic N) is 1. The average molecular weight is 354 g/mol. The van der Waals surface area contributed by atoms with Gasteiger partial charge in [0.25, 0.3) is 5.91 Å². The summed E-state index contributed by atoms with van der Waals surface area (Å²) in [6, 6.07) is 0.383. The molecule has 1 amide bonds. The van der Waals surface area contributed by atoms with Crippen molar-refractivity contribution in [3.8, 4) is 11.5 Å². The maximum Gasteiger partial charge on any atom is 0.331 e. The van der Waals surface area contributed by atoms with Gasteiger partial charge in [0.1, 0.15) is 6.10 Å². The van der Waals surface area contributed by atoms with Crippen molar-refractivity contribution in [3.05, 3.63) is 18.0 Å². The van der Waals surface area contributed by atoms with Crippen molar-refractivity contribution in [1.82, 2.24) is 10.3 Å². The van der Waals surface area contributed by atoms with Gasteiger partial charge in [0.15, 0.2) is 23.2 Å². The lowest BCUT2D eigenvalue weighted by atomic mass is 10.1. The number of ether oxygens (including phenoxy) is 4. The van der Waals surface area contributed by atoms with Crippen LogP contribution in [0.2, 0.25) is 0 Å². The number of cyclic esters (lactones) is 1. The first-order chi connectivity index (χ1) is 12.0. The number of esters is 1. The minimum Gasteiger partial charge on any atom is -0.503 e. The molecule has 1 aromatic heterocycles. The van der Waals surface area contributed by atoms with Gasteiger partial charge in [-0.2, -0.15) is 0 Å². The van der Waals surface area contributed by atoms with Gasteiger partial charge in [0, 0.05) is 32.4 Å². The molecule has 2 heterocycles.